The fourth-order valence-corrected chi connectivity index (χ4v) is 3.31. The molecular weight excluding hydrogens is 328 g/mol. The molecule has 1 aromatic rings. The molecule has 2 rings (SSSR count). The van der Waals surface area contributed by atoms with Crippen molar-refractivity contribution in [3.63, 3.8) is 0 Å². The number of urea groups is 1. The van der Waals surface area contributed by atoms with Crippen molar-refractivity contribution in [2.45, 2.75) is 33.2 Å². The molecule has 6 nitrogen and oxygen atoms in total. The summed E-state index contributed by atoms with van der Waals surface area (Å²) in [6.45, 7) is 14.9. The highest BCUT2D eigenvalue weighted by Gasteiger charge is 2.28. The lowest BCUT2D eigenvalue weighted by Gasteiger charge is -2.40. The van der Waals surface area contributed by atoms with Crippen molar-refractivity contribution in [1.29, 1.82) is 0 Å². The molecule has 0 spiro atoms. The van der Waals surface area contributed by atoms with E-state index in [0.717, 1.165) is 39.4 Å². The maximum Gasteiger partial charge on any atom is 0.314 e. The van der Waals surface area contributed by atoms with Crippen LogP contribution < -0.4 is 15.5 Å². The normalized spacial score (nSPS) is 15.5. The third-order valence-corrected chi connectivity index (χ3v) is 5.05. The first-order chi connectivity index (χ1) is 12.4. The number of hydrogen-bond donors (Lipinski definition) is 2. The summed E-state index contributed by atoms with van der Waals surface area (Å²) >= 11 is 0. The van der Waals surface area contributed by atoms with Crippen molar-refractivity contribution < 1.29 is 9.53 Å². The number of para-hydroxylation sites is 1. The number of carbonyl (C=O) groups excluding carboxylic acids is 1. The molecule has 0 aromatic heterocycles. The molecule has 2 amide bonds. The second-order valence-corrected chi connectivity index (χ2v) is 7.39. The van der Waals surface area contributed by atoms with Crippen LogP contribution in [0.5, 0.6) is 0 Å². The molecule has 0 aliphatic carbocycles. The molecule has 0 atom stereocenters. The number of nitrogens with one attached hydrogen (secondary N) is 2. The van der Waals surface area contributed by atoms with Gasteiger partial charge in [0.25, 0.3) is 0 Å². The van der Waals surface area contributed by atoms with Crippen LogP contribution in [0.15, 0.2) is 24.3 Å². The average molecular weight is 363 g/mol. The van der Waals surface area contributed by atoms with E-state index in [-0.39, 0.29) is 11.6 Å². The zero-order chi connectivity index (χ0) is 19.0. The molecule has 0 radical (unpaired) electrons. The Kier molecular flexibility index (Phi) is 7.72. The molecule has 1 fully saturated rings. The monoisotopic (exact) mass is 362 g/mol. The first-order valence-corrected chi connectivity index (χ1v) is 9.59. The third kappa shape index (κ3) is 5.88. The maximum absolute atomic E-state index is 12.2. The van der Waals surface area contributed by atoms with E-state index in [2.05, 4.69) is 72.4 Å². The zero-order valence-electron chi connectivity index (χ0n) is 16.7. The highest BCUT2D eigenvalue weighted by atomic mass is 16.5. The van der Waals surface area contributed by atoms with E-state index in [4.69, 9.17) is 4.74 Å². The summed E-state index contributed by atoms with van der Waals surface area (Å²) in [5, 5.41) is 5.99. The van der Waals surface area contributed by atoms with Gasteiger partial charge < -0.3 is 20.3 Å². The van der Waals surface area contributed by atoms with Crippen LogP contribution in [-0.2, 0) is 4.74 Å². The number of amides is 2. The van der Waals surface area contributed by atoms with Gasteiger partial charge in [-0.1, -0.05) is 18.2 Å². The summed E-state index contributed by atoms with van der Waals surface area (Å²) in [6.07, 6.45) is 0. The molecule has 2 N–H and O–H groups in total. The SMILES string of the molecule is CCN(CCNC(=O)NCC(C)(C)N1CCOCC1)c1ccccc1C. The van der Waals surface area contributed by atoms with Gasteiger partial charge in [0.05, 0.1) is 13.2 Å². The van der Waals surface area contributed by atoms with Gasteiger partial charge in [0.2, 0.25) is 0 Å². The Labute approximate surface area is 157 Å². The highest BCUT2D eigenvalue weighted by Crippen LogP contribution is 2.18. The molecule has 26 heavy (non-hydrogen) atoms. The first kappa shape index (κ1) is 20.5. The predicted octanol–water partition coefficient (Wildman–Crippen LogP) is 2.23. The second kappa shape index (κ2) is 9.78. The number of rotatable bonds is 8. The molecule has 6 heteroatoms. The standard InChI is InChI=1S/C20H34N4O2/c1-5-23(18-9-7-6-8-17(18)2)11-10-21-19(25)22-16-20(3,4)24-12-14-26-15-13-24/h6-9H,5,10-16H2,1-4H3,(H2,21,22,25). The highest BCUT2D eigenvalue weighted by molar-refractivity contribution is 5.74. The largest absolute Gasteiger partial charge is 0.379 e. The van der Waals surface area contributed by atoms with E-state index in [1.54, 1.807) is 0 Å². The molecule has 1 aliphatic rings. The zero-order valence-corrected chi connectivity index (χ0v) is 16.7. The number of likely N-dealkylation sites (N-methyl/N-ethyl adjacent to an activating group) is 1. The molecular formula is C20H34N4O2. The number of ether oxygens (including phenoxy) is 1. The first-order valence-electron chi connectivity index (χ1n) is 9.59. The lowest BCUT2D eigenvalue weighted by molar-refractivity contribution is -0.00874. The van der Waals surface area contributed by atoms with E-state index in [9.17, 15) is 4.79 Å². The van der Waals surface area contributed by atoms with Gasteiger partial charge in [0.1, 0.15) is 0 Å². The Bertz CT molecular complexity index is 571. The van der Waals surface area contributed by atoms with Gasteiger partial charge in [-0.15, -0.1) is 0 Å². The van der Waals surface area contributed by atoms with E-state index in [1.165, 1.54) is 11.3 Å². The number of nitrogens with zero attached hydrogens (tertiary/aromatic N) is 2. The Morgan fingerprint density at radius 2 is 1.92 bits per heavy atom. The molecule has 0 saturated carbocycles. The number of hydrogen-bond acceptors (Lipinski definition) is 4. The van der Waals surface area contributed by atoms with Gasteiger partial charge >= 0.3 is 6.03 Å². The predicted molar refractivity (Wildman–Crippen MR) is 107 cm³/mol. The van der Waals surface area contributed by atoms with Gasteiger partial charge in [-0.25, -0.2) is 4.79 Å². The number of morpholine rings is 1. The molecule has 1 aliphatic heterocycles. The summed E-state index contributed by atoms with van der Waals surface area (Å²) in [4.78, 5) is 16.8. The van der Waals surface area contributed by atoms with E-state index >= 15 is 0 Å². The van der Waals surface area contributed by atoms with Crippen LogP contribution >= 0.6 is 0 Å². The van der Waals surface area contributed by atoms with E-state index in [1.807, 2.05) is 0 Å². The summed E-state index contributed by atoms with van der Waals surface area (Å²) < 4.78 is 5.41. The Morgan fingerprint density at radius 1 is 1.23 bits per heavy atom. The molecule has 0 unspecified atom stereocenters. The lowest BCUT2D eigenvalue weighted by atomic mass is 10.0. The Hall–Kier alpha value is -1.79. The van der Waals surface area contributed by atoms with Crippen molar-refractivity contribution in [3.8, 4) is 0 Å². The van der Waals surface area contributed by atoms with Crippen LogP contribution in [0.3, 0.4) is 0 Å². The Morgan fingerprint density at radius 3 is 2.58 bits per heavy atom. The van der Waals surface area contributed by atoms with Gasteiger partial charge in [-0.2, -0.15) is 0 Å². The van der Waals surface area contributed by atoms with Crippen LogP contribution in [0, 0.1) is 6.92 Å². The van der Waals surface area contributed by atoms with Gasteiger partial charge in [-0.3, -0.25) is 4.90 Å². The van der Waals surface area contributed by atoms with Crippen molar-refractivity contribution >= 4 is 11.7 Å². The number of anilines is 1. The molecule has 1 aromatic carbocycles. The number of carbonyl (C=O) groups is 1. The van der Waals surface area contributed by atoms with Gasteiger partial charge in [0, 0.05) is 50.5 Å². The van der Waals surface area contributed by atoms with Crippen molar-refractivity contribution in [2.24, 2.45) is 0 Å². The van der Waals surface area contributed by atoms with Crippen LogP contribution in [0.2, 0.25) is 0 Å². The minimum atomic E-state index is -0.104. The minimum absolute atomic E-state index is 0.0717. The van der Waals surface area contributed by atoms with Crippen LogP contribution in [0.1, 0.15) is 26.3 Å². The van der Waals surface area contributed by atoms with Crippen molar-refractivity contribution in [2.75, 3.05) is 57.4 Å². The van der Waals surface area contributed by atoms with Crippen LogP contribution in [0.25, 0.3) is 0 Å². The smallest absolute Gasteiger partial charge is 0.314 e. The fraction of sp³-hybridized carbons (Fsp3) is 0.650. The second-order valence-electron chi connectivity index (χ2n) is 7.39. The van der Waals surface area contributed by atoms with Crippen molar-refractivity contribution in [3.05, 3.63) is 29.8 Å². The maximum atomic E-state index is 12.2. The summed E-state index contributed by atoms with van der Waals surface area (Å²) in [6, 6.07) is 8.25. The number of aryl methyl sites for hydroxylation is 1. The topological polar surface area (TPSA) is 56.8 Å². The summed E-state index contributed by atoms with van der Waals surface area (Å²) in [5.41, 5.74) is 2.41. The molecule has 146 valence electrons. The summed E-state index contributed by atoms with van der Waals surface area (Å²) in [7, 11) is 0. The molecule has 1 saturated heterocycles. The minimum Gasteiger partial charge on any atom is -0.379 e. The Balaban J connectivity index is 1.73. The lowest BCUT2D eigenvalue weighted by Crippen LogP contribution is -2.56. The van der Waals surface area contributed by atoms with Crippen LogP contribution in [0.4, 0.5) is 10.5 Å². The van der Waals surface area contributed by atoms with Gasteiger partial charge in [-0.05, 0) is 39.3 Å². The molecule has 1 heterocycles. The van der Waals surface area contributed by atoms with E-state index < -0.39 is 0 Å². The van der Waals surface area contributed by atoms with Crippen molar-refractivity contribution in [1.82, 2.24) is 15.5 Å². The number of benzene rings is 1. The average Bonchev–Trinajstić information content (AvgIpc) is 2.65. The van der Waals surface area contributed by atoms with Crippen LogP contribution in [-0.4, -0.2) is 69.0 Å². The third-order valence-electron chi connectivity index (χ3n) is 5.05. The van der Waals surface area contributed by atoms with E-state index in [0.29, 0.717) is 13.1 Å². The molecule has 0 bridgehead atoms. The fourth-order valence-electron chi connectivity index (χ4n) is 3.31. The van der Waals surface area contributed by atoms with Gasteiger partial charge in [0.15, 0.2) is 0 Å². The summed E-state index contributed by atoms with van der Waals surface area (Å²) in [5.74, 6) is 0. The quantitative estimate of drug-likeness (QED) is 0.745.